The predicted molar refractivity (Wildman–Crippen MR) is 78.9 cm³/mol. The van der Waals surface area contributed by atoms with Crippen molar-refractivity contribution < 1.29 is 23.3 Å². The van der Waals surface area contributed by atoms with Crippen molar-refractivity contribution >= 4 is 28.8 Å². The Balaban J connectivity index is 2.78. The fourth-order valence-corrected chi connectivity index (χ4v) is 1.75. The van der Waals surface area contributed by atoms with E-state index in [-0.39, 0.29) is 17.4 Å². The van der Waals surface area contributed by atoms with Crippen molar-refractivity contribution in [3.8, 4) is 0 Å². The first-order valence-electron chi connectivity index (χ1n) is 6.12. The summed E-state index contributed by atoms with van der Waals surface area (Å²) in [6, 6.07) is 3.80. The molecule has 0 heterocycles. The van der Waals surface area contributed by atoms with Crippen LogP contribution in [-0.4, -0.2) is 39.2 Å². The second kappa shape index (κ2) is 7.68. The molecule has 2 N–H and O–H groups in total. The third kappa shape index (κ3) is 5.47. The highest BCUT2D eigenvalue weighted by Gasteiger charge is 2.14. The SMILES string of the molecule is CC(CNC(=O)c1ccc(/C=C/C(=O)O)cc1F)S(C)=O. The minimum atomic E-state index is -1.14. The molecule has 0 aliphatic heterocycles. The summed E-state index contributed by atoms with van der Waals surface area (Å²) in [5.74, 6) is -2.48. The van der Waals surface area contributed by atoms with Crippen LogP contribution in [0.1, 0.15) is 22.8 Å². The van der Waals surface area contributed by atoms with Crippen molar-refractivity contribution in [1.29, 1.82) is 0 Å². The number of nitrogens with one attached hydrogen (secondary N) is 1. The molecule has 0 bridgehead atoms. The molecule has 1 rings (SSSR count). The molecule has 114 valence electrons. The summed E-state index contributed by atoms with van der Waals surface area (Å²) in [6.07, 6.45) is 3.64. The largest absolute Gasteiger partial charge is 0.478 e. The van der Waals surface area contributed by atoms with E-state index in [9.17, 15) is 18.2 Å². The molecule has 0 aromatic heterocycles. The van der Waals surface area contributed by atoms with Crippen molar-refractivity contribution in [2.75, 3.05) is 12.8 Å². The lowest BCUT2D eigenvalue weighted by Crippen LogP contribution is -2.33. The molecule has 1 aromatic carbocycles. The highest BCUT2D eigenvalue weighted by atomic mass is 32.2. The number of hydrogen-bond acceptors (Lipinski definition) is 3. The number of carbonyl (C=O) groups is 2. The summed E-state index contributed by atoms with van der Waals surface area (Å²) in [5, 5.41) is 10.8. The number of carboxylic acids is 1. The molecule has 0 aliphatic carbocycles. The topological polar surface area (TPSA) is 83.5 Å². The predicted octanol–water partition coefficient (Wildman–Crippen LogP) is 1.42. The van der Waals surface area contributed by atoms with Gasteiger partial charge in [-0.2, -0.15) is 0 Å². The lowest BCUT2D eigenvalue weighted by atomic mass is 10.1. The first-order valence-corrected chi connectivity index (χ1v) is 7.74. The molecule has 5 nitrogen and oxygen atoms in total. The molecule has 0 saturated carbocycles. The number of benzene rings is 1. The van der Waals surface area contributed by atoms with Gasteiger partial charge in [0.25, 0.3) is 5.91 Å². The van der Waals surface area contributed by atoms with Crippen LogP contribution in [0.4, 0.5) is 4.39 Å². The average Bonchev–Trinajstić information content (AvgIpc) is 2.42. The molecular weight excluding hydrogens is 297 g/mol. The summed E-state index contributed by atoms with van der Waals surface area (Å²) < 4.78 is 25.0. The zero-order valence-corrected chi connectivity index (χ0v) is 12.4. The van der Waals surface area contributed by atoms with Crippen molar-refractivity contribution in [3.63, 3.8) is 0 Å². The fraction of sp³-hybridized carbons (Fsp3) is 0.286. The summed E-state index contributed by atoms with van der Waals surface area (Å²) in [6.45, 7) is 1.90. The van der Waals surface area contributed by atoms with Crippen LogP contribution in [0, 0.1) is 5.82 Å². The van der Waals surface area contributed by atoms with Gasteiger partial charge in [0.1, 0.15) is 5.82 Å². The number of rotatable bonds is 6. The Labute approximate surface area is 124 Å². The Hall–Kier alpha value is -2.02. The van der Waals surface area contributed by atoms with Crippen LogP contribution in [0.15, 0.2) is 24.3 Å². The van der Waals surface area contributed by atoms with Gasteiger partial charge in [0.15, 0.2) is 0 Å². The summed E-state index contributed by atoms with van der Waals surface area (Å²) in [7, 11) is -1.07. The Morgan fingerprint density at radius 3 is 2.67 bits per heavy atom. The molecule has 0 fully saturated rings. The third-order valence-electron chi connectivity index (χ3n) is 2.77. The van der Waals surface area contributed by atoms with Crippen molar-refractivity contribution in [2.45, 2.75) is 12.2 Å². The Morgan fingerprint density at radius 2 is 2.14 bits per heavy atom. The fourth-order valence-electron chi connectivity index (χ4n) is 1.44. The maximum Gasteiger partial charge on any atom is 0.328 e. The number of hydrogen-bond donors (Lipinski definition) is 2. The molecule has 0 aliphatic rings. The number of amides is 1. The molecule has 1 amide bonds. The van der Waals surface area contributed by atoms with E-state index in [4.69, 9.17) is 5.11 Å². The van der Waals surface area contributed by atoms with E-state index >= 15 is 0 Å². The van der Waals surface area contributed by atoms with E-state index in [1.807, 2.05) is 0 Å². The second-order valence-electron chi connectivity index (χ2n) is 4.43. The number of aliphatic carboxylic acids is 1. The highest BCUT2D eigenvalue weighted by Crippen LogP contribution is 2.12. The van der Waals surface area contributed by atoms with Gasteiger partial charge in [-0.15, -0.1) is 0 Å². The first kappa shape index (κ1) is 17.0. The monoisotopic (exact) mass is 313 g/mol. The van der Waals surface area contributed by atoms with Gasteiger partial charge in [0.2, 0.25) is 0 Å². The maximum absolute atomic E-state index is 13.8. The van der Waals surface area contributed by atoms with Gasteiger partial charge >= 0.3 is 5.97 Å². The molecule has 0 spiro atoms. The molecule has 1 aromatic rings. The standard InChI is InChI=1S/C14H16FNO4S/c1-9(21(2)20)8-16-14(19)11-5-3-10(7-12(11)15)4-6-13(17)18/h3-7,9H,8H2,1-2H3,(H,16,19)(H,17,18)/b6-4+. The summed E-state index contributed by atoms with van der Waals surface area (Å²) >= 11 is 0. The van der Waals surface area contributed by atoms with E-state index in [0.29, 0.717) is 5.56 Å². The summed E-state index contributed by atoms with van der Waals surface area (Å²) in [5.41, 5.74) is 0.200. The maximum atomic E-state index is 13.8. The minimum absolute atomic E-state index is 0.142. The van der Waals surface area contributed by atoms with Crippen LogP contribution in [0.25, 0.3) is 6.08 Å². The molecule has 21 heavy (non-hydrogen) atoms. The quantitative estimate of drug-likeness (QED) is 0.778. The normalized spacial score (nSPS) is 13.9. The Bertz CT molecular complexity index is 601. The van der Waals surface area contributed by atoms with Crippen molar-refractivity contribution in [1.82, 2.24) is 5.32 Å². The van der Waals surface area contributed by atoms with Crippen LogP contribution in [-0.2, 0) is 15.6 Å². The number of halogens is 1. The van der Waals surface area contributed by atoms with E-state index < -0.39 is 28.5 Å². The third-order valence-corrected chi connectivity index (χ3v) is 4.07. The highest BCUT2D eigenvalue weighted by molar-refractivity contribution is 7.84. The van der Waals surface area contributed by atoms with Gasteiger partial charge < -0.3 is 10.4 Å². The van der Waals surface area contributed by atoms with E-state index in [1.165, 1.54) is 24.5 Å². The lowest BCUT2D eigenvalue weighted by molar-refractivity contribution is -0.131. The van der Waals surface area contributed by atoms with Crippen LogP contribution in [0.3, 0.4) is 0 Å². The minimum Gasteiger partial charge on any atom is -0.478 e. The Kier molecular flexibility index (Phi) is 6.23. The smallest absolute Gasteiger partial charge is 0.328 e. The van der Waals surface area contributed by atoms with Gasteiger partial charge in [0.05, 0.1) is 5.56 Å². The van der Waals surface area contributed by atoms with Crippen molar-refractivity contribution in [2.24, 2.45) is 0 Å². The lowest BCUT2D eigenvalue weighted by Gasteiger charge is -2.10. The zero-order chi connectivity index (χ0) is 16.0. The van der Waals surface area contributed by atoms with Crippen LogP contribution in [0.5, 0.6) is 0 Å². The van der Waals surface area contributed by atoms with Crippen LogP contribution in [0.2, 0.25) is 0 Å². The molecule has 2 atom stereocenters. The molecule has 2 unspecified atom stereocenters. The molecular formula is C14H16FNO4S. The van der Waals surface area contributed by atoms with E-state index in [2.05, 4.69) is 5.32 Å². The Morgan fingerprint density at radius 1 is 1.48 bits per heavy atom. The zero-order valence-electron chi connectivity index (χ0n) is 11.6. The molecule has 0 radical (unpaired) electrons. The van der Waals surface area contributed by atoms with Crippen LogP contribution >= 0.6 is 0 Å². The summed E-state index contributed by atoms with van der Waals surface area (Å²) in [4.78, 5) is 22.2. The van der Waals surface area contributed by atoms with Gasteiger partial charge in [-0.25, -0.2) is 9.18 Å². The van der Waals surface area contributed by atoms with E-state index in [0.717, 1.165) is 12.1 Å². The van der Waals surface area contributed by atoms with Crippen LogP contribution < -0.4 is 5.32 Å². The second-order valence-corrected chi connectivity index (χ2v) is 6.23. The van der Waals surface area contributed by atoms with Gasteiger partial charge in [0, 0.05) is 34.9 Å². The first-order chi connectivity index (χ1) is 9.81. The number of carbonyl (C=O) groups excluding carboxylic acids is 1. The van der Waals surface area contributed by atoms with Crippen molar-refractivity contribution in [3.05, 3.63) is 41.2 Å². The van der Waals surface area contributed by atoms with Gasteiger partial charge in [-0.1, -0.05) is 6.07 Å². The number of carboxylic acid groups (broad SMARTS) is 1. The molecule has 0 saturated heterocycles. The van der Waals surface area contributed by atoms with Gasteiger partial charge in [-0.05, 0) is 30.7 Å². The van der Waals surface area contributed by atoms with Gasteiger partial charge in [-0.3, -0.25) is 9.00 Å². The molecule has 7 heteroatoms. The van der Waals surface area contributed by atoms with E-state index in [1.54, 1.807) is 6.92 Å². The average molecular weight is 313 g/mol.